The molecule has 0 aromatic carbocycles. The molecule has 0 bridgehead atoms. The van der Waals surface area contributed by atoms with Crippen molar-refractivity contribution in [3.8, 4) is 0 Å². The third kappa shape index (κ3) is 4.08. The number of rotatable bonds is 5. The molecule has 21 heavy (non-hydrogen) atoms. The zero-order chi connectivity index (χ0) is 15.6. The number of imidazole rings is 1. The average molecular weight is 291 g/mol. The third-order valence-electron chi connectivity index (χ3n) is 3.99. The molecule has 2 rings (SSSR count). The molecule has 0 aliphatic heterocycles. The van der Waals surface area contributed by atoms with Gasteiger partial charge >= 0.3 is 0 Å². The third-order valence-corrected chi connectivity index (χ3v) is 3.99. The standard InChI is InChI=1S/C17H29N3O/c1-11(2)9-20(10-12(3)4)17(21)14-6-7-15-16(8-14)19-13(5)18-15/h11-12,14H,6-10H2,1-5H3,(H,18,19). The maximum atomic E-state index is 12.9. The average Bonchev–Trinajstić information content (AvgIpc) is 2.74. The van der Waals surface area contributed by atoms with Crippen LogP contribution in [0.4, 0.5) is 0 Å². The lowest BCUT2D eigenvalue weighted by atomic mass is 9.88. The van der Waals surface area contributed by atoms with Crippen molar-refractivity contribution in [1.82, 2.24) is 14.9 Å². The molecule has 0 saturated heterocycles. The van der Waals surface area contributed by atoms with Gasteiger partial charge in [-0.05, 0) is 31.6 Å². The van der Waals surface area contributed by atoms with Gasteiger partial charge in [-0.15, -0.1) is 0 Å². The Labute approximate surface area is 128 Å². The van der Waals surface area contributed by atoms with Crippen molar-refractivity contribution in [2.24, 2.45) is 17.8 Å². The van der Waals surface area contributed by atoms with E-state index in [2.05, 4.69) is 42.6 Å². The quantitative estimate of drug-likeness (QED) is 0.906. The number of aryl methyl sites for hydroxylation is 2. The first-order valence-corrected chi connectivity index (χ1v) is 8.20. The van der Waals surface area contributed by atoms with Gasteiger partial charge in [0, 0.05) is 31.1 Å². The van der Waals surface area contributed by atoms with Gasteiger partial charge in [0.2, 0.25) is 5.91 Å². The Morgan fingerprint density at radius 1 is 1.29 bits per heavy atom. The molecule has 1 amide bonds. The van der Waals surface area contributed by atoms with Crippen molar-refractivity contribution in [2.45, 2.75) is 53.9 Å². The summed E-state index contributed by atoms with van der Waals surface area (Å²) in [4.78, 5) is 22.8. The van der Waals surface area contributed by atoms with Crippen LogP contribution in [0.5, 0.6) is 0 Å². The van der Waals surface area contributed by atoms with E-state index in [-0.39, 0.29) is 5.92 Å². The van der Waals surface area contributed by atoms with Crippen molar-refractivity contribution >= 4 is 5.91 Å². The minimum atomic E-state index is 0.120. The summed E-state index contributed by atoms with van der Waals surface area (Å²) in [6.45, 7) is 12.4. The Kier molecular flexibility index (Phi) is 5.07. The molecule has 0 radical (unpaired) electrons. The summed E-state index contributed by atoms with van der Waals surface area (Å²) >= 11 is 0. The van der Waals surface area contributed by atoms with Crippen molar-refractivity contribution in [3.63, 3.8) is 0 Å². The van der Waals surface area contributed by atoms with Gasteiger partial charge in [0.1, 0.15) is 5.82 Å². The van der Waals surface area contributed by atoms with Crippen LogP contribution in [0, 0.1) is 24.7 Å². The largest absolute Gasteiger partial charge is 0.346 e. The van der Waals surface area contributed by atoms with Crippen LogP contribution in [0.3, 0.4) is 0 Å². The zero-order valence-corrected chi connectivity index (χ0v) is 14.1. The van der Waals surface area contributed by atoms with Gasteiger partial charge in [-0.3, -0.25) is 4.79 Å². The van der Waals surface area contributed by atoms with Gasteiger partial charge in [0.25, 0.3) is 0 Å². The molecule has 1 aromatic heterocycles. The molecule has 0 spiro atoms. The zero-order valence-electron chi connectivity index (χ0n) is 14.1. The molecule has 1 unspecified atom stereocenters. The summed E-state index contributed by atoms with van der Waals surface area (Å²) in [5.74, 6) is 2.45. The van der Waals surface area contributed by atoms with Crippen molar-refractivity contribution in [3.05, 3.63) is 17.2 Å². The number of aromatic amines is 1. The van der Waals surface area contributed by atoms with Crippen LogP contribution in [0.2, 0.25) is 0 Å². The number of amides is 1. The summed E-state index contributed by atoms with van der Waals surface area (Å²) in [6.07, 6.45) is 2.68. The maximum Gasteiger partial charge on any atom is 0.226 e. The lowest BCUT2D eigenvalue weighted by Gasteiger charge is -2.31. The number of H-pyrrole nitrogens is 1. The highest BCUT2D eigenvalue weighted by Crippen LogP contribution is 2.26. The SMILES string of the molecule is Cc1nc2c([nH]1)CC(C(=O)N(CC(C)C)CC(C)C)CC2. The predicted molar refractivity (Wildman–Crippen MR) is 85.1 cm³/mol. The first kappa shape index (κ1) is 16.1. The van der Waals surface area contributed by atoms with Gasteiger partial charge < -0.3 is 9.88 Å². The van der Waals surface area contributed by atoms with E-state index in [1.54, 1.807) is 0 Å². The van der Waals surface area contributed by atoms with Crippen LogP contribution in [0.25, 0.3) is 0 Å². The summed E-state index contributed by atoms with van der Waals surface area (Å²) in [7, 11) is 0. The molecule has 1 N–H and O–H groups in total. The summed E-state index contributed by atoms with van der Waals surface area (Å²) < 4.78 is 0. The molecule has 1 atom stereocenters. The van der Waals surface area contributed by atoms with Crippen molar-refractivity contribution in [2.75, 3.05) is 13.1 Å². The summed E-state index contributed by atoms with van der Waals surface area (Å²) in [5.41, 5.74) is 2.34. The van der Waals surface area contributed by atoms with Crippen molar-refractivity contribution < 1.29 is 4.79 Å². The van der Waals surface area contributed by atoms with E-state index in [4.69, 9.17) is 0 Å². The fourth-order valence-corrected chi connectivity index (χ4v) is 3.23. The second-order valence-corrected chi connectivity index (χ2v) is 7.22. The minimum Gasteiger partial charge on any atom is -0.346 e. The highest BCUT2D eigenvalue weighted by atomic mass is 16.2. The highest BCUT2D eigenvalue weighted by molar-refractivity contribution is 5.79. The number of aromatic nitrogens is 2. The molecule has 4 heteroatoms. The second-order valence-electron chi connectivity index (χ2n) is 7.22. The molecule has 4 nitrogen and oxygen atoms in total. The minimum absolute atomic E-state index is 0.120. The monoisotopic (exact) mass is 291 g/mol. The number of nitrogens with zero attached hydrogens (tertiary/aromatic N) is 2. The number of hydrogen-bond donors (Lipinski definition) is 1. The maximum absolute atomic E-state index is 12.9. The van der Waals surface area contributed by atoms with Crippen LogP contribution < -0.4 is 0 Å². The first-order valence-electron chi connectivity index (χ1n) is 8.20. The van der Waals surface area contributed by atoms with E-state index in [9.17, 15) is 4.79 Å². The first-order chi connectivity index (χ1) is 9.86. The normalized spacial score (nSPS) is 18.1. The highest BCUT2D eigenvalue weighted by Gasteiger charge is 2.30. The van der Waals surface area contributed by atoms with Gasteiger partial charge in [-0.2, -0.15) is 0 Å². The van der Waals surface area contributed by atoms with Crippen LogP contribution in [-0.2, 0) is 17.6 Å². The van der Waals surface area contributed by atoms with E-state index in [0.29, 0.717) is 17.7 Å². The lowest BCUT2D eigenvalue weighted by Crippen LogP contribution is -2.42. The molecule has 0 saturated carbocycles. The fourth-order valence-electron chi connectivity index (χ4n) is 3.23. The Hall–Kier alpha value is -1.32. The second kappa shape index (κ2) is 6.63. The number of carbonyl (C=O) groups is 1. The Morgan fingerprint density at radius 3 is 2.48 bits per heavy atom. The van der Waals surface area contributed by atoms with Crippen LogP contribution in [0.1, 0.15) is 51.3 Å². The smallest absolute Gasteiger partial charge is 0.226 e. The Morgan fingerprint density at radius 2 is 1.90 bits per heavy atom. The van der Waals surface area contributed by atoms with Gasteiger partial charge in [0.05, 0.1) is 5.69 Å². The molecular weight excluding hydrogens is 262 g/mol. The number of nitrogens with one attached hydrogen (secondary N) is 1. The Bertz CT molecular complexity index is 480. The summed E-state index contributed by atoms with van der Waals surface area (Å²) in [5, 5.41) is 0. The van der Waals surface area contributed by atoms with E-state index < -0.39 is 0 Å². The summed E-state index contributed by atoms with van der Waals surface area (Å²) in [6, 6.07) is 0. The fraction of sp³-hybridized carbons (Fsp3) is 0.765. The predicted octanol–water partition coefficient (Wildman–Crippen LogP) is 2.96. The van der Waals surface area contributed by atoms with Crippen LogP contribution in [-0.4, -0.2) is 33.9 Å². The molecule has 118 valence electrons. The Balaban J connectivity index is 2.07. The number of fused-ring (bicyclic) bond motifs is 1. The van der Waals surface area contributed by atoms with Crippen molar-refractivity contribution in [1.29, 1.82) is 0 Å². The number of hydrogen-bond acceptors (Lipinski definition) is 2. The topological polar surface area (TPSA) is 49.0 Å². The van der Waals surface area contributed by atoms with E-state index in [0.717, 1.165) is 43.9 Å². The van der Waals surface area contributed by atoms with E-state index in [1.807, 2.05) is 6.92 Å². The van der Waals surface area contributed by atoms with Crippen LogP contribution >= 0.6 is 0 Å². The molecule has 1 aliphatic carbocycles. The van der Waals surface area contributed by atoms with Gasteiger partial charge in [-0.25, -0.2) is 4.98 Å². The van der Waals surface area contributed by atoms with Gasteiger partial charge in [0.15, 0.2) is 0 Å². The lowest BCUT2D eigenvalue weighted by molar-refractivity contribution is -0.137. The molecule has 0 fully saturated rings. The molecule has 1 heterocycles. The number of carbonyl (C=O) groups excluding carboxylic acids is 1. The van der Waals surface area contributed by atoms with Crippen LogP contribution in [0.15, 0.2) is 0 Å². The van der Waals surface area contributed by atoms with Gasteiger partial charge in [-0.1, -0.05) is 27.7 Å². The molecule has 1 aromatic rings. The molecular formula is C17H29N3O. The van der Waals surface area contributed by atoms with E-state index >= 15 is 0 Å². The van der Waals surface area contributed by atoms with E-state index in [1.165, 1.54) is 5.69 Å². The molecule has 1 aliphatic rings.